The van der Waals surface area contributed by atoms with Crippen molar-refractivity contribution in [3.8, 4) is 0 Å². The van der Waals surface area contributed by atoms with Crippen molar-refractivity contribution >= 4 is 11.6 Å². The lowest BCUT2D eigenvalue weighted by atomic mass is 9.81. The molecule has 2 heteroatoms. The summed E-state index contributed by atoms with van der Waals surface area (Å²) in [4.78, 5) is 22.9. The van der Waals surface area contributed by atoms with Crippen LogP contribution in [0.5, 0.6) is 0 Å². The van der Waals surface area contributed by atoms with E-state index in [0.29, 0.717) is 11.8 Å². The van der Waals surface area contributed by atoms with Crippen LogP contribution in [0.3, 0.4) is 0 Å². The Morgan fingerprint density at radius 2 is 1.42 bits per heavy atom. The van der Waals surface area contributed by atoms with Gasteiger partial charge in [0, 0.05) is 11.8 Å². The van der Waals surface area contributed by atoms with E-state index in [1.165, 1.54) is 12.8 Å². The number of ketones is 2. The summed E-state index contributed by atoms with van der Waals surface area (Å²) in [6, 6.07) is 0. The van der Waals surface area contributed by atoms with Crippen molar-refractivity contribution in [2.75, 3.05) is 0 Å². The van der Waals surface area contributed by atoms with Gasteiger partial charge < -0.3 is 0 Å². The van der Waals surface area contributed by atoms with Crippen LogP contribution in [0.1, 0.15) is 25.7 Å². The highest BCUT2D eigenvalue weighted by molar-refractivity contribution is 6.09. The van der Waals surface area contributed by atoms with Crippen LogP contribution in [0.4, 0.5) is 0 Å². The molecule has 0 N–H and O–H groups in total. The molecule has 3 fully saturated rings. The van der Waals surface area contributed by atoms with E-state index in [4.69, 9.17) is 0 Å². The van der Waals surface area contributed by atoms with Crippen molar-refractivity contribution in [3.05, 3.63) is 0 Å². The molecule has 3 aliphatic carbocycles. The van der Waals surface area contributed by atoms with Gasteiger partial charge in [-0.15, -0.1) is 0 Å². The molecule has 12 heavy (non-hydrogen) atoms. The molecule has 2 nitrogen and oxygen atoms in total. The first-order chi connectivity index (χ1) is 5.77. The van der Waals surface area contributed by atoms with Gasteiger partial charge in [0.15, 0.2) is 0 Å². The van der Waals surface area contributed by atoms with Gasteiger partial charge in [-0.2, -0.15) is 0 Å². The van der Waals surface area contributed by atoms with Crippen molar-refractivity contribution in [1.29, 1.82) is 0 Å². The lowest BCUT2D eigenvalue weighted by Crippen LogP contribution is -2.24. The topological polar surface area (TPSA) is 34.1 Å². The summed E-state index contributed by atoms with van der Waals surface area (Å²) in [5.74, 6) is 1.99. The maximum absolute atomic E-state index is 11.4. The van der Waals surface area contributed by atoms with Crippen LogP contribution in [0.2, 0.25) is 0 Å². The molecule has 0 aromatic carbocycles. The fourth-order valence-corrected chi connectivity index (χ4v) is 3.63. The Hall–Kier alpha value is -0.660. The predicted molar refractivity (Wildman–Crippen MR) is 42.4 cm³/mol. The number of hydrogen-bond acceptors (Lipinski definition) is 2. The van der Waals surface area contributed by atoms with Crippen LogP contribution in [0.15, 0.2) is 0 Å². The molecule has 0 aromatic rings. The average Bonchev–Trinajstić information content (AvgIpc) is 2.64. The van der Waals surface area contributed by atoms with Crippen LogP contribution in [-0.2, 0) is 9.59 Å². The minimum atomic E-state index is 0.163. The molecule has 0 radical (unpaired) electrons. The largest absolute Gasteiger partial charge is 0.299 e. The minimum Gasteiger partial charge on any atom is -0.299 e. The first-order valence-electron chi connectivity index (χ1n) is 4.83. The third kappa shape index (κ3) is 0.621. The highest BCUT2D eigenvalue weighted by atomic mass is 16.2. The van der Waals surface area contributed by atoms with Gasteiger partial charge in [0.25, 0.3) is 0 Å². The van der Waals surface area contributed by atoms with Crippen LogP contribution in [0, 0.1) is 23.7 Å². The Balaban J connectivity index is 2.03. The molecule has 0 saturated heterocycles. The molecule has 0 unspecified atom stereocenters. The standard InChI is InChI=1S/C10H12O2/c11-7-4-8(12)10-6-2-1-5(3-6)9(7)10/h5-6,9-10H,1-4H2/t5-,6+,9+,10-. The fraction of sp³-hybridized carbons (Fsp3) is 0.800. The SMILES string of the molecule is O=C1CC(=O)[C@H]2[C@H]3CC[C@H](C3)[C@@H]12. The molecule has 64 valence electrons. The van der Waals surface area contributed by atoms with E-state index in [2.05, 4.69) is 0 Å². The predicted octanol–water partition coefficient (Wildman–Crippen LogP) is 1.19. The van der Waals surface area contributed by atoms with E-state index >= 15 is 0 Å². The smallest absolute Gasteiger partial charge is 0.144 e. The van der Waals surface area contributed by atoms with Crippen molar-refractivity contribution in [2.45, 2.75) is 25.7 Å². The Bertz CT molecular complexity index is 243. The van der Waals surface area contributed by atoms with E-state index < -0.39 is 0 Å². The fourth-order valence-electron chi connectivity index (χ4n) is 3.63. The normalized spacial score (nSPS) is 50.3. The van der Waals surface area contributed by atoms with E-state index in [9.17, 15) is 9.59 Å². The van der Waals surface area contributed by atoms with Crippen molar-refractivity contribution in [1.82, 2.24) is 0 Å². The zero-order valence-corrected chi connectivity index (χ0v) is 6.95. The summed E-state index contributed by atoms with van der Waals surface area (Å²) in [7, 11) is 0. The molecular formula is C10H12O2. The second-order valence-electron chi connectivity index (χ2n) is 4.49. The number of fused-ring (bicyclic) bond motifs is 5. The number of Topliss-reactive ketones (excluding diaryl/α,β-unsaturated/α-hetero) is 2. The molecule has 0 aliphatic heterocycles. The van der Waals surface area contributed by atoms with Crippen LogP contribution >= 0.6 is 0 Å². The van der Waals surface area contributed by atoms with Crippen LogP contribution in [-0.4, -0.2) is 11.6 Å². The summed E-state index contributed by atoms with van der Waals surface area (Å²) >= 11 is 0. The zero-order chi connectivity index (χ0) is 8.29. The maximum atomic E-state index is 11.4. The third-order valence-corrected chi connectivity index (χ3v) is 4.01. The van der Waals surface area contributed by atoms with Crippen LogP contribution < -0.4 is 0 Å². The maximum Gasteiger partial charge on any atom is 0.144 e. The zero-order valence-electron chi connectivity index (χ0n) is 6.95. The molecule has 2 bridgehead atoms. The Morgan fingerprint density at radius 1 is 0.917 bits per heavy atom. The quantitative estimate of drug-likeness (QED) is 0.504. The van der Waals surface area contributed by atoms with Gasteiger partial charge in [-0.1, -0.05) is 0 Å². The molecule has 0 spiro atoms. The molecule has 0 heterocycles. The van der Waals surface area contributed by atoms with Gasteiger partial charge in [0.1, 0.15) is 11.6 Å². The van der Waals surface area contributed by atoms with E-state index in [-0.39, 0.29) is 29.8 Å². The van der Waals surface area contributed by atoms with E-state index in [1.807, 2.05) is 0 Å². The minimum absolute atomic E-state index is 0.163. The molecular weight excluding hydrogens is 152 g/mol. The van der Waals surface area contributed by atoms with Crippen molar-refractivity contribution in [2.24, 2.45) is 23.7 Å². The first-order valence-corrected chi connectivity index (χ1v) is 4.83. The molecule has 4 atom stereocenters. The Morgan fingerprint density at radius 3 is 1.92 bits per heavy atom. The van der Waals surface area contributed by atoms with Gasteiger partial charge in [0.05, 0.1) is 6.42 Å². The number of carbonyl (C=O) groups is 2. The number of hydrogen-bond donors (Lipinski definition) is 0. The summed E-state index contributed by atoms with van der Waals surface area (Å²) < 4.78 is 0. The molecule has 0 amide bonds. The van der Waals surface area contributed by atoms with Gasteiger partial charge in [-0.05, 0) is 31.1 Å². The van der Waals surface area contributed by atoms with Gasteiger partial charge in [0.2, 0.25) is 0 Å². The lowest BCUT2D eigenvalue weighted by Gasteiger charge is -2.21. The summed E-state index contributed by atoms with van der Waals surface area (Å²) in [6.07, 6.45) is 3.81. The second-order valence-corrected chi connectivity index (χ2v) is 4.49. The summed E-state index contributed by atoms with van der Waals surface area (Å²) in [5, 5.41) is 0. The second kappa shape index (κ2) is 1.98. The van der Waals surface area contributed by atoms with E-state index in [0.717, 1.165) is 6.42 Å². The van der Waals surface area contributed by atoms with Gasteiger partial charge >= 0.3 is 0 Å². The number of carbonyl (C=O) groups excluding carboxylic acids is 2. The average molecular weight is 164 g/mol. The van der Waals surface area contributed by atoms with Crippen LogP contribution in [0.25, 0.3) is 0 Å². The molecule has 3 saturated carbocycles. The van der Waals surface area contributed by atoms with E-state index in [1.54, 1.807) is 0 Å². The highest BCUT2D eigenvalue weighted by Crippen LogP contribution is 2.55. The third-order valence-electron chi connectivity index (χ3n) is 4.01. The molecule has 3 rings (SSSR count). The van der Waals surface area contributed by atoms with Gasteiger partial charge in [-0.25, -0.2) is 0 Å². The summed E-state index contributed by atoms with van der Waals surface area (Å²) in [5.41, 5.74) is 0. The highest BCUT2D eigenvalue weighted by Gasteiger charge is 2.57. The molecule has 0 aromatic heterocycles. The van der Waals surface area contributed by atoms with Crippen molar-refractivity contribution in [3.63, 3.8) is 0 Å². The van der Waals surface area contributed by atoms with Gasteiger partial charge in [-0.3, -0.25) is 9.59 Å². The summed E-state index contributed by atoms with van der Waals surface area (Å²) in [6.45, 7) is 0. The van der Waals surface area contributed by atoms with Crippen molar-refractivity contribution < 1.29 is 9.59 Å². The Labute approximate surface area is 71.3 Å². The number of rotatable bonds is 0. The molecule has 3 aliphatic rings. The lowest BCUT2D eigenvalue weighted by molar-refractivity contribution is -0.123. The first kappa shape index (κ1) is 6.81. The monoisotopic (exact) mass is 164 g/mol. The Kier molecular flexibility index (Phi) is 1.12.